The second-order valence-electron chi connectivity index (χ2n) is 5.52. The van der Waals surface area contributed by atoms with Crippen LogP contribution in [0.25, 0.3) is 0 Å². The Morgan fingerprint density at radius 2 is 2.44 bits per heavy atom. The minimum absolute atomic E-state index is 0.533. The van der Waals surface area contributed by atoms with Crippen molar-refractivity contribution in [1.82, 2.24) is 20.1 Å². The van der Waals surface area contributed by atoms with Gasteiger partial charge in [-0.25, -0.2) is 9.67 Å². The van der Waals surface area contributed by atoms with Gasteiger partial charge in [0.15, 0.2) is 0 Å². The van der Waals surface area contributed by atoms with Crippen molar-refractivity contribution in [3.63, 3.8) is 0 Å². The van der Waals surface area contributed by atoms with Gasteiger partial charge < -0.3 is 10.4 Å². The van der Waals surface area contributed by atoms with Crippen molar-refractivity contribution in [3.8, 4) is 0 Å². The van der Waals surface area contributed by atoms with Crippen LogP contribution in [0.5, 0.6) is 0 Å². The second kappa shape index (κ2) is 5.80. The van der Waals surface area contributed by atoms with Crippen molar-refractivity contribution in [2.75, 3.05) is 6.54 Å². The highest BCUT2D eigenvalue weighted by Crippen LogP contribution is 2.31. The number of aliphatic hydroxyl groups is 1. The van der Waals surface area contributed by atoms with Crippen LogP contribution >= 0.6 is 0 Å². The standard InChI is InChI=1S/C13H24N4O/c1-3-17-12(15-10-16-17)8-14-9-13(18)6-4-5-11(2)7-13/h10-11,14,18H,3-9H2,1-2H3. The molecule has 1 fully saturated rings. The zero-order valence-electron chi connectivity index (χ0n) is 11.4. The highest BCUT2D eigenvalue weighted by atomic mass is 16.3. The first-order chi connectivity index (χ1) is 8.63. The predicted molar refractivity (Wildman–Crippen MR) is 70.0 cm³/mol. The first-order valence-corrected chi connectivity index (χ1v) is 6.93. The lowest BCUT2D eigenvalue weighted by Gasteiger charge is -2.35. The quantitative estimate of drug-likeness (QED) is 0.830. The smallest absolute Gasteiger partial charge is 0.140 e. The molecule has 1 aliphatic carbocycles. The maximum absolute atomic E-state index is 10.5. The van der Waals surface area contributed by atoms with Crippen LogP contribution in [0.2, 0.25) is 0 Å². The molecular formula is C13H24N4O. The first kappa shape index (κ1) is 13.5. The average Bonchev–Trinajstić information content (AvgIpc) is 2.76. The van der Waals surface area contributed by atoms with E-state index in [1.807, 2.05) is 4.68 Å². The molecule has 0 saturated heterocycles. The number of aromatic nitrogens is 3. The summed E-state index contributed by atoms with van der Waals surface area (Å²) in [4.78, 5) is 4.22. The molecule has 5 nitrogen and oxygen atoms in total. The Balaban J connectivity index is 1.81. The lowest BCUT2D eigenvalue weighted by atomic mass is 9.79. The Hall–Kier alpha value is -0.940. The van der Waals surface area contributed by atoms with E-state index in [0.717, 1.165) is 31.6 Å². The average molecular weight is 252 g/mol. The van der Waals surface area contributed by atoms with Crippen LogP contribution in [-0.4, -0.2) is 32.0 Å². The van der Waals surface area contributed by atoms with Crippen LogP contribution in [0.4, 0.5) is 0 Å². The molecule has 0 aromatic carbocycles. The number of nitrogens with one attached hydrogen (secondary N) is 1. The molecule has 0 bridgehead atoms. The number of aryl methyl sites for hydroxylation is 1. The molecule has 2 unspecified atom stereocenters. The van der Waals surface area contributed by atoms with E-state index in [0.29, 0.717) is 19.0 Å². The summed E-state index contributed by atoms with van der Waals surface area (Å²) in [7, 11) is 0. The van der Waals surface area contributed by atoms with Crippen molar-refractivity contribution < 1.29 is 5.11 Å². The lowest BCUT2D eigenvalue weighted by molar-refractivity contribution is -0.0120. The molecule has 1 aliphatic rings. The number of rotatable bonds is 5. The van der Waals surface area contributed by atoms with Gasteiger partial charge in [-0.05, 0) is 25.7 Å². The molecule has 1 aromatic heterocycles. The van der Waals surface area contributed by atoms with E-state index < -0.39 is 5.60 Å². The van der Waals surface area contributed by atoms with Gasteiger partial charge in [0.25, 0.3) is 0 Å². The summed E-state index contributed by atoms with van der Waals surface area (Å²) in [5.41, 5.74) is -0.533. The molecule has 1 saturated carbocycles. The molecule has 0 amide bonds. The van der Waals surface area contributed by atoms with Gasteiger partial charge in [-0.3, -0.25) is 0 Å². The fourth-order valence-corrected chi connectivity index (χ4v) is 2.89. The van der Waals surface area contributed by atoms with E-state index in [4.69, 9.17) is 0 Å². The van der Waals surface area contributed by atoms with E-state index >= 15 is 0 Å². The zero-order chi connectivity index (χ0) is 13.0. The summed E-state index contributed by atoms with van der Waals surface area (Å²) in [6.07, 6.45) is 5.76. The minimum atomic E-state index is -0.533. The third-order valence-corrected chi connectivity index (χ3v) is 3.80. The number of hydrogen-bond donors (Lipinski definition) is 2. The topological polar surface area (TPSA) is 63.0 Å². The van der Waals surface area contributed by atoms with Gasteiger partial charge in [0.1, 0.15) is 12.2 Å². The molecular weight excluding hydrogens is 228 g/mol. The van der Waals surface area contributed by atoms with Crippen LogP contribution in [0.1, 0.15) is 45.4 Å². The molecule has 1 heterocycles. The fraction of sp³-hybridized carbons (Fsp3) is 0.846. The maximum atomic E-state index is 10.5. The SMILES string of the molecule is CCn1ncnc1CNCC1(O)CCCC(C)C1. The summed E-state index contributed by atoms with van der Waals surface area (Å²) >= 11 is 0. The van der Waals surface area contributed by atoms with Gasteiger partial charge in [0, 0.05) is 13.1 Å². The third kappa shape index (κ3) is 3.29. The van der Waals surface area contributed by atoms with Crippen molar-refractivity contribution in [2.45, 2.75) is 58.2 Å². The van der Waals surface area contributed by atoms with Crippen molar-refractivity contribution in [3.05, 3.63) is 12.2 Å². The highest BCUT2D eigenvalue weighted by molar-refractivity contribution is 4.89. The molecule has 2 N–H and O–H groups in total. The van der Waals surface area contributed by atoms with Gasteiger partial charge in [-0.2, -0.15) is 5.10 Å². The summed E-state index contributed by atoms with van der Waals surface area (Å²) < 4.78 is 1.88. The first-order valence-electron chi connectivity index (χ1n) is 6.93. The van der Waals surface area contributed by atoms with Gasteiger partial charge >= 0.3 is 0 Å². The van der Waals surface area contributed by atoms with E-state index in [9.17, 15) is 5.11 Å². The van der Waals surface area contributed by atoms with Gasteiger partial charge in [-0.15, -0.1) is 0 Å². The van der Waals surface area contributed by atoms with E-state index in [1.165, 1.54) is 6.42 Å². The van der Waals surface area contributed by atoms with Crippen LogP contribution in [-0.2, 0) is 13.1 Å². The molecule has 0 radical (unpaired) electrons. The van der Waals surface area contributed by atoms with Crippen molar-refractivity contribution in [2.24, 2.45) is 5.92 Å². The van der Waals surface area contributed by atoms with Crippen LogP contribution in [0.15, 0.2) is 6.33 Å². The molecule has 1 aromatic rings. The zero-order valence-corrected chi connectivity index (χ0v) is 11.4. The normalized spacial score (nSPS) is 28.5. The second-order valence-corrected chi connectivity index (χ2v) is 5.52. The lowest BCUT2D eigenvalue weighted by Crippen LogP contribution is -2.44. The summed E-state index contributed by atoms with van der Waals surface area (Å²) in [6, 6.07) is 0. The van der Waals surface area contributed by atoms with Crippen molar-refractivity contribution >= 4 is 0 Å². The Morgan fingerprint density at radius 3 is 3.17 bits per heavy atom. The van der Waals surface area contributed by atoms with Crippen LogP contribution in [0, 0.1) is 5.92 Å². The number of hydrogen-bond acceptors (Lipinski definition) is 4. The van der Waals surface area contributed by atoms with Crippen molar-refractivity contribution in [1.29, 1.82) is 0 Å². The van der Waals surface area contributed by atoms with Gasteiger partial charge in [-0.1, -0.05) is 19.8 Å². The highest BCUT2D eigenvalue weighted by Gasteiger charge is 2.32. The third-order valence-electron chi connectivity index (χ3n) is 3.80. The molecule has 0 spiro atoms. The molecule has 5 heteroatoms. The molecule has 2 atom stereocenters. The molecule has 18 heavy (non-hydrogen) atoms. The minimum Gasteiger partial charge on any atom is -0.389 e. The largest absolute Gasteiger partial charge is 0.389 e. The fourth-order valence-electron chi connectivity index (χ4n) is 2.89. The Kier molecular flexibility index (Phi) is 4.35. The van der Waals surface area contributed by atoms with Crippen LogP contribution < -0.4 is 5.32 Å². The predicted octanol–water partition coefficient (Wildman–Crippen LogP) is 1.33. The summed E-state index contributed by atoms with van der Waals surface area (Å²) in [5.74, 6) is 1.56. The van der Waals surface area contributed by atoms with Gasteiger partial charge in [0.2, 0.25) is 0 Å². The Morgan fingerprint density at radius 1 is 1.61 bits per heavy atom. The molecule has 0 aliphatic heterocycles. The number of nitrogens with zero attached hydrogens (tertiary/aromatic N) is 3. The Labute approximate surface area is 109 Å². The van der Waals surface area contributed by atoms with E-state index in [2.05, 4.69) is 29.2 Å². The van der Waals surface area contributed by atoms with E-state index in [1.54, 1.807) is 6.33 Å². The van der Waals surface area contributed by atoms with E-state index in [-0.39, 0.29) is 0 Å². The van der Waals surface area contributed by atoms with Crippen LogP contribution in [0.3, 0.4) is 0 Å². The molecule has 102 valence electrons. The maximum Gasteiger partial charge on any atom is 0.140 e. The summed E-state index contributed by atoms with van der Waals surface area (Å²) in [5, 5.41) is 17.9. The molecule has 2 rings (SSSR count). The monoisotopic (exact) mass is 252 g/mol. The summed E-state index contributed by atoms with van der Waals surface area (Å²) in [6.45, 7) is 6.42. The van der Waals surface area contributed by atoms with Gasteiger partial charge in [0.05, 0.1) is 12.1 Å². The Bertz CT molecular complexity index is 379.